The highest BCUT2D eigenvalue weighted by Gasteiger charge is 2.34. The number of carbonyl (C=O) groups is 1. The number of hydrogen-bond acceptors (Lipinski definition) is 7. The van der Waals surface area contributed by atoms with Crippen molar-refractivity contribution in [3.63, 3.8) is 0 Å². The van der Waals surface area contributed by atoms with Crippen LogP contribution < -0.4 is 0 Å². The number of aromatic hydroxyl groups is 3. The maximum absolute atomic E-state index is 13.0. The molecule has 0 spiro atoms. The number of rotatable bonds is 3. The Morgan fingerprint density at radius 1 is 0.625 bits per heavy atom. The van der Waals surface area contributed by atoms with Gasteiger partial charge in [-0.3, -0.25) is 14.8 Å². The minimum absolute atomic E-state index is 0.0268. The molecule has 3 aromatic carbocycles. The van der Waals surface area contributed by atoms with Crippen LogP contribution in [0.3, 0.4) is 0 Å². The second-order valence-electron chi connectivity index (χ2n) is 7.42. The van der Waals surface area contributed by atoms with E-state index in [2.05, 4.69) is 9.98 Å². The van der Waals surface area contributed by atoms with E-state index in [1.165, 1.54) is 24.3 Å². The Labute approximate surface area is 184 Å². The van der Waals surface area contributed by atoms with E-state index in [4.69, 9.17) is 4.99 Å². The fourth-order valence-corrected chi connectivity index (χ4v) is 3.39. The van der Waals surface area contributed by atoms with Gasteiger partial charge in [-0.15, -0.1) is 0 Å². The van der Waals surface area contributed by atoms with E-state index in [0.717, 1.165) is 0 Å². The molecule has 7 heteroatoms. The first-order valence-corrected chi connectivity index (χ1v) is 10.0. The van der Waals surface area contributed by atoms with Gasteiger partial charge in [0.15, 0.2) is 5.78 Å². The zero-order chi connectivity index (χ0) is 22.7. The molecule has 1 saturated carbocycles. The standard InChI is InChI=1S/C25H21N3O4/c1-15-24(27-17-4-10-20(30)11-5-17)22(26-16-2-8-19(29)9-3-16)14-23(32)25(15)28-18-6-12-21(31)13-7-18/h2-13,15,29-31H,14H2,1H3. The molecule has 0 amide bonds. The third-order valence-electron chi connectivity index (χ3n) is 5.04. The highest BCUT2D eigenvalue weighted by atomic mass is 16.3. The molecule has 1 aliphatic carbocycles. The van der Waals surface area contributed by atoms with Gasteiger partial charge in [-0.05, 0) is 72.8 Å². The third-order valence-corrected chi connectivity index (χ3v) is 5.04. The summed E-state index contributed by atoms with van der Waals surface area (Å²) in [6.07, 6.45) is 0.0268. The van der Waals surface area contributed by atoms with Crippen molar-refractivity contribution in [2.24, 2.45) is 20.9 Å². The van der Waals surface area contributed by atoms with Gasteiger partial charge < -0.3 is 15.3 Å². The fraction of sp³-hybridized carbons (Fsp3) is 0.120. The average molecular weight is 427 g/mol. The minimum atomic E-state index is -0.435. The van der Waals surface area contributed by atoms with Gasteiger partial charge in [0.05, 0.1) is 40.6 Å². The quantitative estimate of drug-likeness (QED) is 0.544. The van der Waals surface area contributed by atoms with Crippen molar-refractivity contribution in [3.05, 3.63) is 72.8 Å². The van der Waals surface area contributed by atoms with Crippen LogP contribution in [0.15, 0.2) is 87.8 Å². The molecule has 3 N–H and O–H groups in total. The number of nitrogens with zero attached hydrogens (tertiary/aromatic N) is 3. The molecule has 160 valence electrons. The number of ketones is 1. The van der Waals surface area contributed by atoms with Gasteiger partial charge in [0, 0.05) is 5.92 Å². The van der Waals surface area contributed by atoms with Crippen molar-refractivity contribution >= 4 is 40.0 Å². The number of aliphatic imine (C=N–C) groups is 3. The van der Waals surface area contributed by atoms with Gasteiger partial charge in [-0.2, -0.15) is 0 Å². The molecule has 1 aliphatic rings. The lowest BCUT2D eigenvalue weighted by Crippen LogP contribution is -2.40. The van der Waals surface area contributed by atoms with Crippen molar-refractivity contribution in [3.8, 4) is 17.2 Å². The van der Waals surface area contributed by atoms with E-state index < -0.39 is 5.92 Å². The second kappa shape index (κ2) is 8.85. The topological polar surface area (TPSA) is 115 Å². The zero-order valence-electron chi connectivity index (χ0n) is 17.3. The highest BCUT2D eigenvalue weighted by molar-refractivity contribution is 6.63. The van der Waals surface area contributed by atoms with Gasteiger partial charge in [-0.25, -0.2) is 4.99 Å². The lowest BCUT2D eigenvalue weighted by atomic mass is 9.83. The largest absolute Gasteiger partial charge is 0.508 e. The van der Waals surface area contributed by atoms with E-state index in [0.29, 0.717) is 34.2 Å². The van der Waals surface area contributed by atoms with Crippen LogP contribution in [0.4, 0.5) is 17.1 Å². The second-order valence-corrected chi connectivity index (χ2v) is 7.42. The summed E-state index contributed by atoms with van der Waals surface area (Å²) in [6, 6.07) is 19.1. The van der Waals surface area contributed by atoms with E-state index in [9.17, 15) is 20.1 Å². The normalized spacial score (nSPS) is 20.2. The summed E-state index contributed by atoms with van der Waals surface area (Å²) in [5.74, 6) is -0.214. The zero-order valence-corrected chi connectivity index (χ0v) is 17.3. The van der Waals surface area contributed by atoms with Crippen LogP contribution in [0.5, 0.6) is 17.2 Å². The highest BCUT2D eigenvalue weighted by Crippen LogP contribution is 2.27. The Morgan fingerprint density at radius 3 is 1.44 bits per heavy atom. The maximum atomic E-state index is 13.0. The van der Waals surface area contributed by atoms with Crippen molar-refractivity contribution < 1.29 is 20.1 Å². The molecule has 1 atom stereocenters. The molecule has 0 saturated heterocycles. The average Bonchev–Trinajstić information content (AvgIpc) is 2.78. The van der Waals surface area contributed by atoms with E-state index in [1.54, 1.807) is 48.5 Å². The lowest BCUT2D eigenvalue weighted by Gasteiger charge is -2.24. The van der Waals surface area contributed by atoms with E-state index in [1.807, 2.05) is 6.92 Å². The first-order chi connectivity index (χ1) is 15.4. The number of benzene rings is 3. The molecule has 0 heterocycles. The molecule has 0 radical (unpaired) electrons. The van der Waals surface area contributed by atoms with Crippen molar-refractivity contribution in [2.45, 2.75) is 13.3 Å². The van der Waals surface area contributed by atoms with Crippen LogP contribution in [-0.4, -0.2) is 38.2 Å². The van der Waals surface area contributed by atoms with Gasteiger partial charge in [0.2, 0.25) is 0 Å². The SMILES string of the molecule is CC1C(=Nc2ccc(O)cc2)C(=O)CC(=Nc2ccc(O)cc2)C1=Nc1ccc(O)cc1. The molecular formula is C25H21N3O4. The minimum Gasteiger partial charge on any atom is -0.508 e. The van der Waals surface area contributed by atoms with E-state index >= 15 is 0 Å². The monoisotopic (exact) mass is 427 g/mol. The van der Waals surface area contributed by atoms with E-state index in [-0.39, 0.29) is 29.5 Å². The van der Waals surface area contributed by atoms with Crippen LogP contribution >= 0.6 is 0 Å². The molecule has 0 aromatic heterocycles. The predicted octanol–water partition coefficient (Wildman–Crippen LogP) is 5.03. The molecule has 0 aliphatic heterocycles. The van der Waals surface area contributed by atoms with Crippen LogP contribution in [0.2, 0.25) is 0 Å². The summed E-state index contributed by atoms with van der Waals surface area (Å²) in [6.45, 7) is 1.85. The molecular weight excluding hydrogens is 406 g/mol. The predicted molar refractivity (Wildman–Crippen MR) is 124 cm³/mol. The Kier molecular flexibility index (Phi) is 5.81. The fourth-order valence-electron chi connectivity index (χ4n) is 3.39. The Balaban J connectivity index is 1.79. The van der Waals surface area contributed by atoms with Crippen molar-refractivity contribution in [1.29, 1.82) is 0 Å². The lowest BCUT2D eigenvalue weighted by molar-refractivity contribution is -0.112. The van der Waals surface area contributed by atoms with Crippen molar-refractivity contribution in [2.75, 3.05) is 0 Å². The summed E-state index contributed by atoms with van der Waals surface area (Å²) in [7, 11) is 0. The van der Waals surface area contributed by atoms with Gasteiger partial charge in [0.1, 0.15) is 17.2 Å². The Morgan fingerprint density at radius 2 is 1.00 bits per heavy atom. The third kappa shape index (κ3) is 4.73. The number of Topliss-reactive ketones (excluding diaryl/α,β-unsaturated/α-hetero) is 1. The molecule has 32 heavy (non-hydrogen) atoms. The summed E-state index contributed by atoms with van der Waals surface area (Å²) in [5.41, 5.74) is 3.24. The molecule has 1 fully saturated rings. The first kappa shape index (κ1) is 21.0. The molecule has 0 bridgehead atoms. The maximum Gasteiger partial charge on any atom is 0.183 e. The summed E-state index contributed by atoms with van der Waals surface area (Å²) in [5, 5.41) is 28.6. The molecule has 1 unspecified atom stereocenters. The number of carbonyl (C=O) groups excluding carboxylic acids is 1. The first-order valence-electron chi connectivity index (χ1n) is 10.0. The van der Waals surface area contributed by atoms with Crippen LogP contribution in [0, 0.1) is 5.92 Å². The smallest absolute Gasteiger partial charge is 0.183 e. The molecule has 4 rings (SSSR count). The number of phenolic OH excluding ortho intramolecular Hbond substituents is 3. The summed E-state index contributed by atoms with van der Waals surface area (Å²) < 4.78 is 0. The van der Waals surface area contributed by atoms with Crippen LogP contribution in [0.25, 0.3) is 0 Å². The Hall–Kier alpha value is -4.26. The van der Waals surface area contributed by atoms with Gasteiger partial charge in [-0.1, -0.05) is 6.92 Å². The van der Waals surface area contributed by atoms with Gasteiger partial charge >= 0.3 is 0 Å². The molecule has 3 aromatic rings. The van der Waals surface area contributed by atoms with Gasteiger partial charge in [0.25, 0.3) is 0 Å². The summed E-state index contributed by atoms with van der Waals surface area (Å²) in [4.78, 5) is 26.9. The van der Waals surface area contributed by atoms with Crippen LogP contribution in [0.1, 0.15) is 13.3 Å². The Bertz CT molecular complexity index is 1230. The molecule has 7 nitrogen and oxygen atoms in total. The number of hydrogen-bond donors (Lipinski definition) is 3. The summed E-state index contributed by atoms with van der Waals surface area (Å²) >= 11 is 0. The van der Waals surface area contributed by atoms with Crippen LogP contribution in [-0.2, 0) is 4.79 Å². The van der Waals surface area contributed by atoms with Crippen molar-refractivity contribution in [1.82, 2.24) is 0 Å². The number of phenols is 3.